The fourth-order valence-electron chi connectivity index (χ4n) is 3.00. The molecule has 162 valence electrons. The molecule has 2 aromatic carbocycles. The largest absolute Gasteiger partial charge is 0.496 e. The molecular formula is C23H32N4O3. The molecule has 0 unspecified atom stereocenters. The molecule has 0 atom stereocenters. The topological polar surface area (TPSA) is 84.0 Å². The van der Waals surface area contributed by atoms with Gasteiger partial charge in [-0.05, 0) is 55.2 Å². The molecule has 0 aromatic heterocycles. The molecule has 0 saturated heterocycles. The standard InChI is InChI=1S/C23H32N4O3/c1-6-24-23(25-12-11-18-8-7-16(2)22(14-18)30-5)26-15-19-9-10-21(29-4)20(13-19)27-17(3)28/h7-10,13-14H,6,11-12,15H2,1-5H3,(H,27,28)(H2,24,25,26). The Morgan fingerprint density at radius 3 is 2.40 bits per heavy atom. The van der Waals surface area contributed by atoms with Gasteiger partial charge in [-0.25, -0.2) is 4.99 Å². The molecule has 7 heteroatoms. The number of aliphatic imine (C=N–C) groups is 1. The van der Waals surface area contributed by atoms with Gasteiger partial charge in [0.15, 0.2) is 5.96 Å². The molecule has 0 bridgehead atoms. The highest BCUT2D eigenvalue weighted by Gasteiger charge is 2.07. The number of benzene rings is 2. The van der Waals surface area contributed by atoms with Crippen LogP contribution in [0.15, 0.2) is 41.4 Å². The lowest BCUT2D eigenvalue weighted by Crippen LogP contribution is -2.38. The Labute approximate surface area is 178 Å². The van der Waals surface area contributed by atoms with Gasteiger partial charge in [-0.1, -0.05) is 18.2 Å². The van der Waals surface area contributed by atoms with Crippen molar-refractivity contribution in [2.75, 3.05) is 32.6 Å². The number of methoxy groups -OCH3 is 2. The van der Waals surface area contributed by atoms with Crippen LogP contribution in [-0.2, 0) is 17.8 Å². The zero-order chi connectivity index (χ0) is 21.9. The van der Waals surface area contributed by atoms with Crippen LogP contribution in [0.5, 0.6) is 11.5 Å². The minimum absolute atomic E-state index is 0.142. The Morgan fingerprint density at radius 1 is 1.00 bits per heavy atom. The third-order valence-corrected chi connectivity index (χ3v) is 4.52. The number of hydrogen-bond donors (Lipinski definition) is 3. The lowest BCUT2D eigenvalue weighted by atomic mass is 10.1. The molecule has 0 fully saturated rings. The summed E-state index contributed by atoms with van der Waals surface area (Å²) in [5.41, 5.74) is 3.95. The highest BCUT2D eigenvalue weighted by molar-refractivity contribution is 5.90. The lowest BCUT2D eigenvalue weighted by Gasteiger charge is -2.13. The maximum Gasteiger partial charge on any atom is 0.221 e. The van der Waals surface area contributed by atoms with E-state index in [4.69, 9.17) is 9.47 Å². The number of amides is 1. The zero-order valence-corrected chi connectivity index (χ0v) is 18.5. The first-order valence-electron chi connectivity index (χ1n) is 10.1. The van der Waals surface area contributed by atoms with Gasteiger partial charge in [0.1, 0.15) is 11.5 Å². The van der Waals surface area contributed by atoms with Crippen LogP contribution in [0.2, 0.25) is 0 Å². The molecule has 0 aliphatic heterocycles. The molecule has 2 rings (SSSR count). The van der Waals surface area contributed by atoms with Crippen molar-refractivity contribution in [1.29, 1.82) is 0 Å². The van der Waals surface area contributed by atoms with E-state index in [0.717, 1.165) is 42.3 Å². The number of aryl methyl sites for hydroxylation is 1. The Bertz CT molecular complexity index is 881. The van der Waals surface area contributed by atoms with E-state index >= 15 is 0 Å². The van der Waals surface area contributed by atoms with E-state index in [1.807, 2.05) is 32.0 Å². The molecule has 0 aliphatic carbocycles. The third kappa shape index (κ3) is 6.99. The van der Waals surface area contributed by atoms with Gasteiger partial charge in [0.05, 0.1) is 26.5 Å². The van der Waals surface area contributed by atoms with Gasteiger partial charge in [0.25, 0.3) is 0 Å². The van der Waals surface area contributed by atoms with Gasteiger partial charge >= 0.3 is 0 Å². The molecule has 3 N–H and O–H groups in total. The van der Waals surface area contributed by atoms with Gasteiger partial charge in [-0.3, -0.25) is 4.79 Å². The normalized spacial score (nSPS) is 11.0. The van der Waals surface area contributed by atoms with E-state index in [0.29, 0.717) is 18.0 Å². The van der Waals surface area contributed by atoms with Crippen molar-refractivity contribution in [3.8, 4) is 11.5 Å². The van der Waals surface area contributed by atoms with Gasteiger partial charge in [0.2, 0.25) is 5.91 Å². The molecule has 0 spiro atoms. The van der Waals surface area contributed by atoms with E-state index in [9.17, 15) is 4.79 Å². The second-order valence-corrected chi connectivity index (χ2v) is 6.89. The minimum atomic E-state index is -0.142. The highest BCUT2D eigenvalue weighted by Crippen LogP contribution is 2.25. The molecule has 0 heterocycles. The first kappa shape index (κ1) is 23.1. The predicted molar refractivity (Wildman–Crippen MR) is 122 cm³/mol. The van der Waals surface area contributed by atoms with Crippen LogP contribution in [0.25, 0.3) is 0 Å². The molecule has 30 heavy (non-hydrogen) atoms. The van der Waals surface area contributed by atoms with Gasteiger partial charge < -0.3 is 25.4 Å². The Hall–Kier alpha value is -3.22. The molecular weight excluding hydrogens is 380 g/mol. The predicted octanol–water partition coefficient (Wildman–Crippen LogP) is 3.27. The summed E-state index contributed by atoms with van der Waals surface area (Å²) in [4.78, 5) is 16.1. The van der Waals surface area contributed by atoms with E-state index in [1.54, 1.807) is 14.2 Å². The highest BCUT2D eigenvalue weighted by atomic mass is 16.5. The summed E-state index contributed by atoms with van der Waals surface area (Å²) in [5.74, 6) is 2.13. The molecule has 0 saturated carbocycles. The number of anilines is 1. The first-order valence-corrected chi connectivity index (χ1v) is 10.1. The summed E-state index contributed by atoms with van der Waals surface area (Å²) in [6.45, 7) is 7.53. The van der Waals surface area contributed by atoms with Gasteiger partial charge in [0, 0.05) is 20.0 Å². The average molecular weight is 413 g/mol. The number of ether oxygens (including phenoxy) is 2. The number of hydrogen-bond acceptors (Lipinski definition) is 4. The van der Waals surface area contributed by atoms with Crippen LogP contribution < -0.4 is 25.4 Å². The SMILES string of the molecule is CCNC(=NCc1ccc(OC)c(NC(C)=O)c1)NCCc1ccc(C)c(OC)c1. The maximum atomic E-state index is 11.4. The van der Waals surface area contributed by atoms with Crippen LogP contribution >= 0.6 is 0 Å². The fourth-order valence-corrected chi connectivity index (χ4v) is 3.00. The smallest absolute Gasteiger partial charge is 0.221 e. The number of guanidine groups is 1. The van der Waals surface area contributed by atoms with Crippen LogP contribution in [0.1, 0.15) is 30.5 Å². The van der Waals surface area contributed by atoms with Crippen molar-refractivity contribution in [2.24, 2.45) is 4.99 Å². The molecule has 0 aliphatic rings. The number of rotatable bonds is 9. The summed E-state index contributed by atoms with van der Waals surface area (Å²) >= 11 is 0. The number of nitrogens with one attached hydrogen (secondary N) is 3. The molecule has 1 amide bonds. The maximum absolute atomic E-state index is 11.4. The summed E-state index contributed by atoms with van der Waals surface area (Å²) in [7, 11) is 3.27. The lowest BCUT2D eigenvalue weighted by molar-refractivity contribution is -0.114. The number of nitrogens with zero attached hydrogens (tertiary/aromatic N) is 1. The van der Waals surface area contributed by atoms with Crippen LogP contribution in [0.4, 0.5) is 5.69 Å². The van der Waals surface area contributed by atoms with Crippen molar-refractivity contribution in [1.82, 2.24) is 10.6 Å². The Balaban J connectivity index is 2.01. The second kappa shape index (κ2) is 11.7. The van der Waals surface area contributed by atoms with Crippen LogP contribution in [0, 0.1) is 6.92 Å². The summed E-state index contributed by atoms with van der Waals surface area (Å²) < 4.78 is 10.7. The Morgan fingerprint density at radius 2 is 1.73 bits per heavy atom. The van der Waals surface area contributed by atoms with Crippen molar-refractivity contribution in [2.45, 2.75) is 33.7 Å². The van der Waals surface area contributed by atoms with E-state index in [-0.39, 0.29) is 5.91 Å². The summed E-state index contributed by atoms with van der Waals surface area (Å²) in [6.07, 6.45) is 0.857. The summed E-state index contributed by atoms with van der Waals surface area (Å²) in [5, 5.41) is 9.41. The Kier molecular flexibility index (Phi) is 9.00. The number of carbonyl (C=O) groups excluding carboxylic acids is 1. The van der Waals surface area contributed by atoms with Crippen molar-refractivity contribution in [3.63, 3.8) is 0 Å². The molecule has 2 aromatic rings. The second-order valence-electron chi connectivity index (χ2n) is 6.89. The quantitative estimate of drug-likeness (QED) is 0.435. The minimum Gasteiger partial charge on any atom is -0.496 e. The van der Waals surface area contributed by atoms with Crippen molar-refractivity contribution in [3.05, 3.63) is 53.1 Å². The van der Waals surface area contributed by atoms with E-state index in [2.05, 4.69) is 39.1 Å². The summed E-state index contributed by atoms with van der Waals surface area (Å²) in [6, 6.07) is 11.9. The average Bonchev–Trinajstić information content (AvgIpc) is 2.73. The zero-order valence-electron chi connectivity index (χ0n) is 18.5. The van der Waals surface area contributed by atoms with Gasteiger partial charge in [-0.2, -0.15) is 0 Å². The van der Waals surface area contributed by atoms with Gasteiger partial charge in [-0.15, -0.1) is 0 Å². The molecule has 0 radical (unpaired) electrons. The monoisotopic (exact) mass is 412 g/mol. The van der Waals surface area contributed by atoms with E-state index < -0.39 is 0 Å². The van der Waals surface area contributed by atoms with Crippen LogP contribution in [0.3, 0.4) is 0 Å². The first-order chi connectivity index (χ1) is 14.5. The van der Waals surface area contributed by atoms with Crippen molar-refractivity contribution < 1.29 is 14.3 Å². The van der Waals surface area contributed by atoms with E-state index in [1.165, 1.54) is 12.5 Å². The number of carbonyl (C=O) groups is 1. The molecule has 7 nitrogen and oxygen atoms in total. The third-order valence-electron chi connectivity index (χ3n) is 4.52. The fraction of sp³-hybridized carbons (Fsp3) is 0.391. The van der Waals surface area contributed by atoms with Crippen molar-refractivity contribution >= 4 is 17.6 Å². The van der Waals surface area contributed by atoms with Crippen LogP contribution in [-0.4, -0.2) is 39.2 Å².